The van der Waals surface area contributed by atoms with Crippen LogP contribution >= 0.6 is 0 Å². The van der Waals surface area contributed by atoms with Crippen molar-refractivity contribution in [3.63, 3.8) is 0 Å². The van der Waals surface area contributed by atoms with Gasteiger partial charge in [-0.2, -0.15) is 0 Å². The topological polar surface area (TPSA) is 80.4 Å². The van der Waals surface area contributed by atoms with Gasteiger partial charge in [-0.15, -0.1) is 0 Å². The van der Waals surface area contributed by atoms with E-state index in [1.54, 1.807) is 12.1 Å². The fraction of sp³-hybridized carbons (Fsp3) is 0.389. The average Bonchev–Trinajstić information content (AvgIpc) is 3.07. The number of aromatic nitrogens is 1. The van der Waals surface area contributed by atoms with Crippen LogP contribution in [0.3, 0.4) is 0 Å². The first kappa shape index (κ1) is 17.2. The van der Waals surface area contributed by atoms with Crippen LogP contribution < -0.4 is 5.32 Å². The lowest BCUT2D eigenvalue weighted by Crippen LogP contribution is -2.46. The van der Waals surface area contributed by atoms with Gasteiger partial charge in [0, 0.05) is 43.2 Å². The Bertz CT molecular complexity index is 767. The number of nitro groups is 1. The number of amides is 1. The smallest absolute Gasteiger partial charge is 0.269 e. The Kier molecular flexibility index (Phi) is 4.85. The van der Waals surface area contributed by atoms with Crippen LogP contribution in [0.2, 0.25) is 0 Å². The molecule has 7 nitrogen and oxygen atoms in total. The molecular formula is C18H22N4O3. The van der Waals surface area contributed by atoms with Gasteiger partial charge in [0.15, 0.2) is 0 Å². The number of hydrogen-bond donors (Lipinski definition) is 1. The lowest BCUT2D eigenvalue weighted by atomic mass is 9.99. The summed E-state index contributed by atoms with van der Waals surface area (Å²) in [4.78, 5) is 25.1. The molecule has 0 saturated carbocycles. The molecule has 1 N–H and O–H groups in total. The molecule has 0 fully saturated rings. The molecule has 0 saturated heterocycles. The molecule has 1 aromatic carbocycles. The summed E-state index contributed by atoms with van der Waals surface area (Å²) in [6.45, 7) is 5.65. The third kappa shape index (κ3) is 3.56. The molecule has 132 valence electrons. The Labute approximate surface area is 146 Å². The molecule has 1 atom stereocenters. The number of non-ortho nitro benzene ring substituents is 1. The highest BCUT2D eigenvalue weighted by molar-refractivity contribution is 5.79. The maximum Gasteiger partial charge on any atom is 0.269 e. The maximum absolute atomic E-state index is 12.7. The number of nitrogens with zero attached hydrogens (tertiary/aromatic N) is 3. The van der Waals surface area contributed by atoms with Crippen molar-refractivity contribution >= 4 is 11.6 Å². The van der Waals surface area contributed by atoms with Gasteiger partial charge >= 0.3 is 0 Å². The Hall–Kier alpha value is -2.67. The van der Waals surface area contributed by atoms with Crippen molar-refractivity contribution in [1.82, 2.24) is 14.8 Å². The van der Waals surface area contributed by atoms with Gasteiger partial charge in [0.1, 0.15) is 0 Å². The van der Waals surface area contributed by atoms with Crippen LogP contribution in [-0.2, 0) is 11.3 Å². The van der Waals surface area contributed by atoms with Crippen molar-refractivity contribution < 1.29 is 9.72 Å². The summed E-state index contributed by atoms with van der Waals surface area (Å²) >= 11 is 0. The van der Waals surface area contributed by atoms with E-state index in [1.165, 1.54) is 12.1 Å². The van der Waals surface area contributed by atoms with Crippen molar-refractivity contribution in [2.24, 2.45) is 0 Å². The normalized spacial score (nSPS) is 16.8. The Balaban J connectivity index is 1.92. The van der Waals surface area contributed by atoms with Crippen LogP contribution in [0.5, 0.6) is 0 Å². The van der Waals surface area contributed by atoms with E-state index < -0.39 is 4.92 Å². The van der Waals surface area contributed by atoms with Crippen LogP contribution in [0.1, 0.15) is 31.1 Å². The van der Waals surface area contributed by atoms with Crippen LogP contribution in [0.4, 0.5) is 5.69 Å². The summed E-state index contributed by atoms with van der Waals surface area (Å²) in [5, 5.41) is 14.1. The van der Waals surface area contributed by atoms with Gasteiger partial charge in [-0.1, -0.05) is 13.8 Å². The second kappa shape index (κ2) is 7.06. The minimum absolute atomic E-state index is 0.0319. The molecule has 1 aromatic heterocycles. The van der Waals surface area contributed by atoms with E-state index in [0.29, 0.717) is 6.54 Å². The molecule has 3 rings (SSSR count). The number of nitro benzene ring substituents is 1. The first-order valence-corrected chi connectivity index (χ1v) is 8.39. The number of rotatable bonds is 5. The molecule has 0 spiro atoms. The average molecular weight is 342 g/mol. The first-order valence-electron chi connectivity index (χ1n) is 8.39. The molecule has 1 amide bonds. The predicted octanol–water partition coefficient (Wildman–Crippen LogP) is 2.33. The van der Waals surface area contributed by atoms with Crippen LogP contribution in [0.15, 0.2) is 42.6 Å². The van der Waals surface area contributed by atoms with Crippen LogP contribution in [0, 0.1) is 10.1 Å². The number of carbonyl (C=O) groups is 1. The van der Waals surface area contributed by atoms with E-state index in [4.69, 9.17) is 0 Å². The molecule has 1 aliphatic heterocycles. The summed E-state index contributed by atoms with van der Waals surface area (Å²) in [5.74, 6) is 0.0319. The molecule has 0 aliphatic carbocycles. The quantitative estimate of drug-likeness (QED) is 0.668. The van der Waals surface area contributed by atoms with Crippen molar-refractivity contribution in [2.75, 3.05) is 13.1 Å². The van der Waals surface area contributed by atoms with E-state index in [-0.39, 0.29) is 30.2 Å². The van der Waals surface area contributed by atoms with Crippen molar-refractivity contribution in [2.45, 2.75) is 32.5 Å². The molecule has 1 aliphatic rings. The molecule has 7 heteroatoms. The number of nitrogens with one attached hydrogen (secondary N) is 1. The summed E-state index contributed by atoms with van der Waals surface area (Å²) in [6.07, 6.45) is 2.00. The molecule has 2 heterocycles. The zero-order chi connectivity index (χ0) is 18.0. The van der Waals surface area contributed by atoms with Gasteiger partial charge in [0.2, 0.25) is 5.91 Å². The van der Waals surface area contributed by atoms with Crippen molar-refractivity contribution in [1.29, 1.82) is 0 Å². The van der Waals surface area contributed by atoms with Crippen molar-refractivity contribution in [3.05, 3.63) is 64.0 Å². The zero-order valence-electron chi connectivity index (χ0n) is 14.4. The van der Waals surface area contributed by atoms with Gasteiger partial charge in [-0.25, -0.2) is 0 Å². The minimum Gasteiger partial charge on any atom is -0.348 e. The second-order valence-corrected chi connectivity index (χ2v) is 6.50. The molecule has 2 aromatic rings. The fourth-order valence-electron chi connectivity index (χ4n) is 3.17. The summed E-state index contributed by atoms with van der Waals surface area (Å²) in [7, 11) is 0. The zero-order valence-corrected chi connectivity index (χ0v) is 14.4. The molecule has 0 bridgehead atoms. The SMILES string of the molecule is CC(C)NCC(=O)N1CCn2cccc2C1c1ccc([N+](=O)[O-])cc1. The molecular weight excluding hydrogens is 320 g/mol. The van der Waals surface area contributed by atoms with Gasteiger partial charge < -0.3 is 14.8 Å². The number of fused-ring (bicyclic) bond motifs is 1. The number of hydrogen-bond acceptors (Lipinski definition) is 4. The highest BCUT2D eigenvalue weighted by Crippen LogP contribution is 2.33. The highest BCUT2D eigenvalue weighted by Gasteiger charge is 2.32. The van der Waals surface area contributed by atoms with Crippen LogP contribution in [0.25, 0.3) is 0 Å². The second-order valence-electron chi connectivity index (χ2n) is 6.50. The predicted molar refractivity (Wildman–Crippen MR) is 94.2 cm³/mol. The van der Waals surface area contributed by atoms with Gasteiger partial charge in [0.05, 0.1) is 17.5 Å². The van der Waals surface area contributed by atoms with E-state index in [1.807, 2.05) is 37.1 Å². The largest absolute Gasteiger partial charge is 0.348 e. The minimum atomic E-state index is -0.414. The lowest BCUT2D eigenvalue weighted by Gasteiger charge is -2.37. The van der Waals surface area contributed by atoms with Gasteiger partial charge in [0.25, 0.3) is 5.69 Å². The number of carbonyl (C=O) groups excluding carboxylic acids is 1. The van der Waals surface area contributed by atoms with Crippen LogP contribution in [-0.4, -0.2) is 39.4 Å². The summed E-state index contributed by atoms with van der Waals surface area (Å²) < 4.78 is 2.13. The Morgan fingerprint density at radius 1 is 1.28 bits per heavy atom. The van der Waals surface area contributed by atoms with Crippen molar-refractivity contribution in [3.8, 4) is 0 Å². The molecule has 25 heavy (non-hydrogen) atoms. The summed E-state index contributed by atoms with van der Waals surface area (Å²) in [6, 6.07) is 10.4. The third-order valence-electron chi connectivity index (χ3n) is 4.44. The fourth-order valence-corrected chi connectivity index (χ4v) is 3.17. The number of benzene rings is 1. The molecule has 1 unspecified atom stereocenters. The van der Waals surface area contributed by atoms with E-state index in [2.05, 4.69) is 9.88 Å². The molecule has 0 radical (unpaired) electrons. The highest BCUT2D eigenvalue weighted by atomic mass is 16.6. The Morgan fingerprint density at radius 2 is 2.00 bits per heavy atom. The first-order chi connectivity index (χ1) is 12.0. The monoisotopic (exact) mass is 342 g/mol. The standard InChI is InChI=1S/C18H22N4O3/c1-13(2)19-12-17(23)21-11-10-20-9-3-4-16(20)18(21)14-5-7-15(8-6-14)22(24)25/h3-9,13,18-19H,10-12H2,1-2H3. The maximum atomic E-state index is 12.7. The lowest BCUT2D eigenvalue weighted by molar-refractivity contribution is -0.384. The van der Waals surface area contributed by atoms with E-state index >= 15 is 0 Å². The van der Waals surface area contributed by atoms with Gasteiger partial charge in [-0.3, -0.25) is 14.9 Å². The van der Waals surface area contributed by atoms with E-state index in [9.17, 15) is 14.9 Å². The van der Waals surface area contributed by atoms with E-state index in [0.717, 1.165) is 17.8 Å². The summed E-state index contributed by atoms with van der Waals surface area (Å²) in [5.41, 5.74) is 1.95. The Morgan fingerprint density at radius 3 is 2.64 bits per heavy atom. The van der Waals surface area contributed by atoms with Gasteiger partial charge in [-0.05, 0) is 29.8 Å². The third-order valence-corrected chi connectivity index (χ3v) is 4.44.